The van der Waals surface area contributed by atoms with E-state index >= 15 is 0 Å². The van der Waals surface area contributed by atoms with Gasteiger partial charge in [0.2, 0.25) is 0 Å². The molecule has 0 amide bonds. The van der Waals surface area contributed by atoms with Crippen molar-refractivity contribution in [2.24, 2.45) is 5.92 Å². The second-order valence-corrected chi connectivity index (χ2v) is 8.07. The van der Waals surface area contributed by atoms with Gasteiger partial charge in [-0.3, -0.25) is 0 Å². The number of hydrogen-bond donors (Lipinski definition) is 1. The van der Waals surface area contributed by atoms with Crippen molar-refractivity contribution in [1.29, 1.82) is 0 Å². The van der Waals surface area contributed by atoms with Gasteiger partial charge < -0.3 is 14.8 Å². The van der Waals surface area contributed by atoms with Gasteiger partial charge in [-0.2, -0.15) is 0 Å². The third-order valence-electron chi connectivity index (χ3n) is 4.92. The van der Waals surface area contributed by atoms with Crippen molar-refractivity contribution in [1.82, 2.24) is 5.32 Å². The molecular formula is C18H35NO2. The van der Waals surface area contributed by atoms with Crippen molar-refractivity contribution in [3.05, 3.63) is 0 Å². The van der Waals surface area contributed by atoms with Crippen LogP contribution in [0, 0.1) is 5.92 Å². The molecule has 3 heteroatoms. The quantitative estimate of drug-likeness (QED) is 0.780. The maximum atomic E-state index is 6.57. The van der Waals surface area contributed by atoms with E-state index in [0.29, 0.717) is 5.92 Å². The van der Waals surface area contributed by atoms with Gasteiger partial charge in [-0.05, 0) is 52.4 Å². The molecular weight excluding hydrogens is 262 g/mol. The Labute approximate surface area is 131 Å². The second kappa shape index (κ2) is 7.94. The van der Waals surface area contributed by atoms with Crippen LogP contribution in [0.5, 0.6) is 0 Å². The van der Waals surface area contributed by atoms with E-state index in [1.807, 2.05) is 0 Å². The molecule has 0 aromatic heterocycles. The summed E-state index contributed by atoms with van der Waals surface area (Å²) >= 11 is 0. The van der Waals surface area contributed by atoms with Crippen LogP contribution in [-0.2, 0) is 9.47 Å². The first-order chi connectivity index (χ1) is 9.99. The lowest BCUT2D eigenvalue weighted by molar-refractivity contribution is -0.0847. The maximum Gasteiger partial charge on any atom is 0.0806 e. The van der Waals surface area contributed by atoms with E-state index in [1.165, 1.54) is 51.4 Å². The van der Waals surface area contributed by atoms with Gasteiger partial charge in [0.1, 0.15) is 0 Å². The molecule has 1 aliphatic carbocycles. The van der Waals surface area contributed by atoms with Crippen LogP contribution in [0.15, 0.2) is 0 Å². The lowest BCUT2D eigenvalue weighted by atomic mass is 9.92. The van der Waals surface area contributed by atoms with Crippen molar-refractivity contribution in [2.75, 3.05) is 26.4 Å². The van der Waals surface area contributed by atoms with Crippen LogP contribution in [-0.4, -0.2) is 37.5 Å². The largest absolute Gasteiger partial charge is 0.381 e. The lowest BCUT2D eigenvalue weighted by Gasteiger charge is -2.38. The smallest absolute Gasteiger partial charge is 0.0806 e. The molecule has 0 aromatic carbocycles. The van der Waals surface area contributed by atoms with Crippen molar-refractivity contribution < 1.29 is 9.47 Å². The van der Waals surface area contributed by atoms with Gasteiger partial charge in [0, 0.05) is 25.3 Å². The van der Waals surface area contributed by atoms with E-state index in [0.717, 1.165) is 26.4 Å². The third-order valence-corrected chi connectivity index (χ3v) is 4.92. The number of rotatable bonds is 5. The summed E-state index contributed by atoms with van der Waals surface area (Å²) in [5.41, 5.74) is 0.240. The Hall–Kier alpha value is -0.120. The summed E-state index contributed by atoms with van der Waals surface area (Å²) < 4.78 is 12.0. The van der Waals surface area contributed by atoms with Gasteiger partial charge in [-0.1, -0.05) is 25.7 Å². The minimum Gasteiger partial charge on any atom is -0.381 e. The molecule has 2 rings (SSSR count). The standard InChI is InChI=1S/C18H35NO2/c1-17(2,3)19-15-18(10-6-4-5-7-11-18)21-14-16-8-12-20-13-9-16/h16,19H,4-15H2,1-3H3. The normalized spacial score (nSPS) is 24.7. The van der Waals surface area contributed by atoms with E-state index in [-0.39, 0.29) is 11.1 Å². The van der Waals surface area contributed by atoms with E-state index < -0.39 is 0 Å². The SMILES string of the molecule is CC(C)(C)NCC1(OCC2CCOCC2)CCCCCC1. The van der Waals surface area contributed by atoms with E-state index in [2.05, 4.69) is 26.1 Å². The highest BCUT2D eigenvalue weighted by Crippen LogP contribution is 2.32. The van der Waals surface area contributed by atoms with Crippen LogP contribution in [0.3, 0.4) is 0 Å². The van der Waals surface area contributed by atoms with Gasteiger partial charge in [-0.15, -0.1) is 0 Å². The molecule has 1 heterocycles. The zero-order valence-electron chi connectivity index (χ0n) is 14.4. The molecule has 21 heavy (non-hydrogen) atoms. The molecule has 124 valence electrons. The summed E-state index contributed by atoms with van der Waals surface area (Å²) in [5.74, 6) is 0.702. The Morgan fingerprint density at radius 2 is 1.67 bits per heavy atom. The molecule has 3 nitrogen and oxygen atoms in total. The predicted octanol–water partition coefficient (Wildman–Crippen LogP) is 3.91. The Morgan fingerprint density at radius 1 is 1.05 bits per heavy atom. The summed E-state index contributed by atoms with van der Waals surface area (Å²) in [5, 5.41) is 3.70. The fourth-order valence-corrected chi connectivity index (χ4v) is 3.38. The van der Waals surface area contributed by atoms with Gasteiger partial charge in [0.05, 0.1) is 12.2 Å². The first-order valence-corrected chi connectivity index (χ1v) is 8.96. The average molecular weight is 297 g/mol. The highest BCUT2D eigenvalue weighted by Gasteiger charge is 2.33. The predicted molar refractivity (Wildman–Crippen MR) is 87.7 cm³/mol. The van der Waals surface area contributed by atoms with Crippen molar-refractivity contribution in [2.45, 2.75) is 83.3 Å². The molecule has 0 bridgehead atoms. The summed E-state index contributed by atoms with van der Waals surface area (Å²) in [6, 6.07) is 0. The van der Waals surface area contributed by atoms with Crippen LogP contribution in [0.1, 0.15) is 72.1 Å². The molecule has 2 aliphatic rings. The first-order valence-electron chi connectivity index (χ1n) is 8.96. The molecule has 0 spiro atoms. The Kier molecular flexibility index (Phi) is 6.51. The number of ether oxygens (including phenoxy) is 2. The van der Waals surface area contributed by atoms with Crippen molar-refractivity contribution in [3.63, 3.8) is 0 Å². The number of nitrogens with one attached hydrogen (secondary N) is 1. The van der Waals surface area contributed by atoms with Crippen LogP contribution in [0.4, 0.5) is 0 Å². The molecule has 1 N–H and O–H groups in total. The van der Waals surface area contributed by atoms with Crippen LogP contribution in [0.2, 0.25) is 0 Å². The monoisotopic (exact) mass is 297 g/mol. The van der Waals surface area contributed by atoms with Crippen LogP contribution < -0.4 is 5.32 Å². The lowest BCUT2D eigenvalue weighted by Crippen LogP contribution is -2.49. The second-order valence-electron chi connectivity index (χ2n) is 8.07. The highest BCUT2D eigenvalue weighted by molar-refractivity contribution is 4.88. The summed E-state index contributed by atoms with van der Waals surface area (Å²) in [6.07, 6.45) is 10.2. The van der Waals surface area contributed by atoms with Gasteiger partial charge >= 0.3 is 0 Å². The maximum absolute atomic E-state index is 6.57. The zero-order valence-corrected chi connectivity index (χ0v) is 14.4. The summed E-state index contributed by atoms with van der Waals surface area (Å²) in [4.78, 5) is 0. The average Bonchev–Trinajstić information content (AvgIpc) is 2.70. The molecule has 1 saturated heterocycles. The van der Waals surface area contributed by atoms with Crippen molar-refractivity contribution in [3.8, 4) is 0 Å². The van der Waals surface area contributed by atoms with E-state index in [1.54, 1.807) is 0 Å². The molecule has 0 atom stereocenters. The minimum atomic E-state index is 0.0715. The Morgan fingerprint density at radius 3 is 2.24 bits per heavy atom. The summed E-state index contributed by atoms with van der Waals surface area (Å²) in [7, 11) is 0. The molecule has 2 fully saturated rings. The fraction of sp³-hybridized carbons (Fsp3) is 1.00. The molecule has 1 saturated carbocycles. The first kappa shape index (κ1) is 17.2. The molecule has 0 unspecified atom stereocenters. The molecule has 1 aliphatic heterocycles. The van der Waals surface area contributed by atoms with Crippen molar-refractivity contribution >= 4 is 0 Å². The van der Waals surface area contributed by atoms with Crippen LogP contribution in [0.25, 0.3) is 0 Å². The number of hydrogen-bond acceptors (Lipinski definition) is 3. The summed E-state index contributed by atoms with van der Waals surface area (Å²) in [6.45, 7) is 10.5. The highest BCUT2D eigenvalue weighted by atomic mass is 16.5. The molecule has 0 aromatic rings. The minimum absolute atomic E-state index is 0.0715. The van der Waals surface area contributed by atoms with Crippen LogP contribution >= 0.6 is 0 Å². The Balaban J connectivity index is 1.89. The van der Waals surface area contributed by atoms with E-state index in [4.69, 9.17) is 9.47 Å². The van der Waals surface area contributed by atoms with Gasteiger partial charge in [0.25, 0.3) is 0 Å². The zero-order chi connectivity index (χ0) is 15.2. The van der Waals surface area contributed by atoms with Gasteiger partial charge in [-0.25, -0.2) is 0 Å². The third kappa shape index (κ3) is 6.25. The van der Waals surface area contributed by atoms with E-state index in [9.17, 15) is 0 Å². The fourth-order valence-electron chi connectivity index (χ4n) is 3.38. The Bertz CT molecular complexity index is 284. The topological polar surface area (TPSA) is 30.5 Å². The molecule has 0 radical (unpaired) electrons. The van der Waals surface area contributed by atoms with Gasteiger partial charge in [0.15, 0.2) is 0 Å².